The second-order valence-electron chi connectivity index (χ2n) is 9.16. The van der Waals surface area contributed by atoms with Crippen LogP contribution in [-0.2, 0) is 28.6 Å². The number of esters is 1. The van der Waals surface area contributed by atoms with Crippen LogP contribution in [0.3, 0.4) is 0 Å². The van der Waals surface area contributed by atoms with Gasteiger partial charge in [0.25, 0.3) is 0 Å². The van der Waals surface area contributed by atoms with Crippen LogP contribution in [0.2, 0.25) is 0 Å². The minimum absolute atomic E-state index is 0.0204. The fourth-order valence-corrected chi connectivity index (χ4v) is 6.81. The third-order valence-corrected chi connectivity index (χ3v) is 8.10. The van der Waals surface area contributed by atoms with Gasteiger partial charge in [0.15, 0.2) is 11.5 Å². The van der Waals surface area contributed by atoms with Gasteiger partial charge in [0.05, 0.1) is 20.6 Å². The van der Waals surface area contributed by atoms with Gasteiger partial charge in [-0.3, -0.25) is 14.4 Å². The molecule has 1 saturated carbocycles. The van der Waals surface area contributed by atoms with Gasteiger partial charge in [-0.2, -0.15) is 0 Å². The van der Waals surface area contributed by atoms with Crippen LogP contribution in [0.15, 0.2) is 23.2 Å². The van der Waals surface area contributed by atoms with Crippen LogP contribution < -0.4 is 0 Å². The number of fused-ring (bicyclic) bond motifs is 2. The Balaban J connectivity index is 1.99. The van der Waals surface area contributed by atoms with Gasteiger partial charge in [0.2, 0.25) is 11.6 Å². The van der Waals surface area contributed by atoms with Crippen molar-refractivity contribution in [2.45, 2.75) is 46.6 Å². The molecule has 0 aromatic heterocycles. The molecular weight excluding hydrogens is 360 g/mol. The quantitative estimate of drug-likeness (QED) is 0.677. The highest BCUT2D eigenvalue weighted by atomic mass is 16.5. The van der Waals surface area contributed by atoms with Gasteiger partial charge in [-0.25, -0.2) is 0 Å². The van der Waals surface area contributed by atoms with E-state index in [-0.39, 0.29) is 47.5 Å². The summed E-state index contributed by atoms with van der Waals surface area (Å²) in [5.41, 5.74) is -0.795. The van der Waals surface area contributed by atoms with Crippen molar-refractivity contribution in [2.75, 3.05) is 14.2 Å². The van der Waals surface area contributed by atoms with E-state index in [0.717, 1.165) is 5.57 Å². The maximum Gasteiger partial charge on any atom is 0.306 e. The van der Waals surface area contributed by atoms with Crippen molar-refractivity contribution < 1.29 is 28.6 Å². The second-order valence-corrected chi connectivity index (χ2v) is 9.16. The molecule has 0 spiro atoms. The Hall–Kier alpha value is -2.11. The van der Waals surface area contributed by atoms with Gasteiger partial charge in [-0.1, -0.05) is 20.8 Å². The van der Waals surface area contributed by atoms with Gasteiger partial charge in [-0.15, -0.1) is 0 Å². The van der Waals surface area contributed by atoms with Crippen LogP contribution in [0.1, 0.15) is 40.5 Å². The van der Waals surface area contributed by atoms with Crippen LogP contribution in [0.25, 0.3) is 0 Å². The molecule has 6 nitrogen and oxygen atoms in total. The number of hydrogen-bond acceptors (Lipinski definition) is 6. The van der Waals surface area contributed by atoms with E-state index in [4.69, 9.17) is 14.2 Å². The largest absolute Gasteiger partial charge is 0.493 e. The Kier molecular flexibility index (Phi) is 4.08. The first-order valence-electron chi connectivity index (χ1n) is 9.91. The molecule has 0 amide bonds. The molecule has 1 aliphatic heterocycles. The fraction of sp³-hybridized carbons (Fsp3) is 0.682. The van der Waals surface area contributed by atoms with Crippen LogP contribution in [0.4, 0.5) is 0 Å². The summed E-state index contributed by atoms with van der Waals surface area (Å²) in [6.07, 6.45) is 2.21. The first-order valence-corrected chi connectivity index (χ1v) is 9.91. The minimum atomic E-state index is -0.936. The van der Waals surface area contributed by atoms with E-state index < -0.39 is 22.9 Å². The van der Waals surface area contributed by atoms with Gasteiger partial charge in [-0.05, 0) is 36.8 Å². The molecular formula is C22H28O6. The Morgan fingerprint density at radius 2 is 1.82 bits per heavy atom. The molecule has 4 aliphatic rings. The Morgan fingerprint density at radius 1 is 1.14 bits per heavy atom. The van der Waals surface area contributed by atoms with E-state index in [1.54, 1.807) is 0 Å². The van der Waals surface area contributed by atoms with Crippen molar-refractivity contribution in [1.82, 2.24) is 0 Å². The normalized spacial score (nSPS) is 45.0. The zero-order chi connectivity index (χ0) is 20.6. The third kappa shape index (κ3) is 2.06. The molecule has 4 rings (SSSR count). The number of rotatable bonds is 2. The van der Waals surface area contributed by atoms with Crippen molar-refractivity contribution in [2.24, 2.45) is 34.5 Å². The predicted molar refractivity (Wildman–Crippen MR) is 99.8 cm³/mol. The highest BCUT2D eigenvalue weighted by molar-refractivity contribution is 6.07. The Morgan fingerprint density at radius 3 is 2.43 bits per heavy atom. The maximum atomic E-state index is 13.7. The number of hydrogen-bond donors (Lipinski definition) is 0. The molecule has 2 fully saturated rings. The van der Waals surface area contributed by atoms with Crippen molar-refractivity contribution >= 4 is 17.5 Å². The summed E-state index contributed by atoms with van der Waals surface area (Å²) in [6, 6.07) is 0. The average molecular weight is 388 g/mol. The van der Waals surface area contributed by atoms with Crippen molar-refractivity contribution in [1.29, 1.82) is 0 Å². The Bertz CT molecular complexity index is 838. The first kappa shape index (κ1) is 19.2. The van der Waals surface area contributed by atoms with Crippen LogP contribution in [0, 0.1) is 34.5 Å². The second kappa shape index (κ2) is 5.94. The lowest BCUT2D eigenvalue weighted by molar-refractivity contribution is -0.217. The number of Topliss-reactive ketones (excluding diaryl/α,β-unsaturated/α-hetero) is 2. The standard InChI is InChI=1S/C22H28O6/c1-10-7-14(26-5)20(25)22(4)12(10)8-15-21(3)13(9-16(23)28-15)11(2)18(27-6)17(24)19(21)22/h7,10,12-13,15,19H,8-9H2,1-6H3/t10-,12?,13+,15-,19?,21-,22+/m1/s1. The molecule has 0 aromatic carbocycles. The Labute approximate surface area is 165 Å². The lowest BCUT2D eigenvalue weighted by Crippen LogP contribution is -2.69. The highest BCUT2D eigenvalue weighted by Gasteiger charge is 2.72. The number of methoxy groups -OCH3 is 2. The third-order valence-electron chi connectivity index (χ3n) is 8.10. The summed E-state index contributed by atoms with van der Waals surface area (Å²) >= 11 is 0. The molecule has 1 saturated heterocycles. The number of ether oxygens (including phenoxy) is 3. The summed E-state index contributed by atoms with van der Waals surface area (Å²) in [5, 5.41) is 0. The molecule has 0 bridgehead atoms. The molecule has 2 unspecified atom stereocenters. The number of carbonyl (C=O) groups excluding carboxylic acids is 3. The van der Waals surface area contributed by atoms with E-state index in [1.165, 1.54) is 14.2 Å². The molecule has 28 heavy (non-hydrogen) atoms. The van der Waals surface area contributed by atoms with Gasteiger partial charge >= 0.3 is 5.97 Å². The van der Waals surface area contributed by atoms with Gasteiger partial charge in [0.1, 0.15) is 6.10 Å². The summed E-state index contributed by atoms with van der Waals surface area (Å²) in [6.45, 7) is 7.80. The molecule has 1 heterocycles. The molecule has 0 aromatic rings. The lowest BCUT2D eigenvalue weighted by atomic mass is 9.40. The zero-order valence-corrected chi connectivity index (χ0v) is 17.3. The molecule has 0 radical (unpaired) electrons. The highest BCUT2D eigenvalue weighted by Crippen LogP contribution is 2.67. The fourth-order valence-electron chi connectivity index (χ4n) is 6.81. The minimum Gasteiger partial charge on any atom is -0.493 e. The maximum absolute atomic E-state index is 13.7. The smallest absolute Gasteiger partial charge is 0.306 e. The average Bonchev–Trinajstić information content (AvgIpc) is 2.63. The molecule has 6 heteroatoms. The molecule has 3 aliphatic carbocycles. The zero-order valence-electron chi connectivity index (χ0n) is 17.3. The monoisotopic (exact) mass is 388 g/mol. The summed E-state index contributed by atoms with van der Waals surface area (Å²) < 4.78 is 16.7. The van der Waals surface area contributed by atoms with Crippen molar-refractivity contribution in [3.63, 3.8) is 0 Å². The van der Waals surface area contributed by atoms with Crippen molar-refractivity contribution in [3.8, 4) is 0 Å². The predicted octanol–water partition coefficient (Wildman–Crippen LogP) is 2.82. The summed E-state index contributed by atoms with van der Waals surface area (Å²) in [7, 11) is 2.97. The van der Waals surface area contributed by atoms with Gasteiger partial charge < -0.3 is 14.2 Å². The number of carbonyl (C=O) groups is 3. The molecule has 7 atom stereocenters. The van der Waals surface area contributed by atoms with E-state index in [2.05, 4.69) is 0 Å². The van der Waals surface area contributed by atoms with Crippen LogP contribution >= 0.6 is 0 Å². The van der Waals surface area contributed by atoms with E-state index in [9.17, 15) is 14.4 Å². The first-order chi connectivity index (χ1) is 13.1. The van der Waals surface area contributed by atoms with Gasteiger partial charge in [0, 0.05) is 22.7 Å². The SMILES string of the molecule is COC1=C[C@@H](C)C2C[C@H]3OC(=O)C[C@H]4C(C)=C(OC)C(=O)C([C@@]2(C)C1=O)[C@@]34C. The summed E-state index contributed by atoms with van der Waals surface area (Å²) in [5.74, 6) is -0.854. The van der Waals surface area contributed by atoms with Crippen LogP contribution in [0.5, 0.6) is 0 Å². The van der Waals surface area contributed by atoms with E-state index in [1.807, 2.05) is 33.8 Å². The lowest BCUT2D eigenvalue weighted by Gasteiger charge is -2.64. The number of ketones is 2. The van der Waals surface area contributed by atoms with E-state index in [0.29, 0.717) is 12.2 Å². The van der Waals surface area contributed by atoms with Crippen LogP contribution in [-0.4, -0.2) is 37.9 Å². The number of allylic oxidation sites excluding steroid dienone is 4. The summed E-state index contributed by atoms with van der Waals surface area (Å²) in [4.78, 5) is 39.6. The molecule has 152 valence electrons. The van der Waals surface area contributed by atoms with Crippen molar-refractivity contribution in [3.05, 3.63) is 23.2 Å². The topological polar surface area (TPSA) is 78.9 Å². The van der Waals surface area contributed by atoms with E-state index >= 15 is 0 Å². The molecule has 0 N–H and O–H groups in total.